The molecule has 1 aliphatic rings. The lowest BCUT2D eigenvalue weighted by molar-refractivity contribution is 0.160. The molecule has 0 aromatic rings. The number of rotatable bonds is 5. The number of aliphatic hydroxyl groups is 1. The third kappa shape index (κ3) is 3.63. The maximum absolute atomic E-state index is 9.15. The van der Waals surface area contributed by atoms with Gasteiger partial charge in [0.15, 0.2) is 0 Å². The first-order chi connectivity index (χ1) is 6.24. The minimum atomic E-state index is -0.253. The number of aliphatic hydroxyl groups excluding tert-OH is 1. The Hall–Kier alpha value is -0.120. The highest BCUT2D eigenvalue weighted by Gasteiger charge is 2.23. The molecule has 3 nitrogen and oxygen atoms in total. The minimum absolute atomic E-state index is 0.253. The molecule has 1 saturated heterocycles. The van der Waals surface area contributed by atoms with Gasteiger partial charge in [-0.05, 0) is 25.7 Å². The fraction of sp³-hybridized carbons (Fsp3) is 1.00. The Kier molecular flexibility index (Phi) is 4.70. The predicted octanol–water partition coefficient (Wildman–Crippen LogP) is 0.772. The molecule has 1 fully saturated rings. The SMILES string of the molecule is CCC(NCC(C)O)C1CCOC1. The van der Waals surface area contributed by atoms with Gasteiger partial charge in [-0.15, -0.1) is 0 Å². The summed E-state index contributed by atoms with van der Waals surface area (Å²) < 4.78 is 5.34. The second-order valence-electron chi connectivity index (χ2n) is 3.90. The Bertz CT molecular complexity index is 133. The fourth-order valence-electron chi connectivity index (χ4n) is 1.84. The Morgan fingerprint density at radius 3 is 2.85 bits per heavy atom. The van der Waals surface area contributed by atoms with Gasteiger partial charge in [-0.1, -0.05) is 6.92 Å². The molecule has 0 amide bonds. The van der Waals surface area contributed by atoms with Gasteiger partial charge < -0.3 is 15.2 Å². The van der Waals surface area contributed by atoms with Gasteiger partial charge in [-0.2, -0.15) is 0 Å². The van der Waals surface area contributed by atoms with Crippen molar-refractivity contribution in [2.24, 2.45) is 5.92 Å². The molecular weight excluding hydrogens is 166 g/mol. The number of ether oxygens (including phenoxy) is 1. The lowest BCUT2D eigenvalue weighted by Gasteiger charge is -2.23. The van der Waals surface area contributed by atoms with Crippen LogP contribution in [0.15, 0.2) is 0 Å². The van der Waals surface area contributed by atoms with Crippen LogP contribution in [0.3, 0.4) is 0 Å². The molecule has 3 unspecified atom stereocenters. The van der Waals surface area contributed by atoms with Crippen molar-refractivity contribution in [2.75, 3.05) is 19.8 Å². The summed E-state index contributed by atoms with van der Waals surface area (Å²) in [6, 6.07) is 0.511. The maximum atomic E-state index is 9.15. The van der Waals surface area contributed by atoms with Gasteiger partial charge in [0.05, 0.1) is 12.7 Å². The second kappa shape index (κ2) is 5.58. The van der Waals surface area contributed by atoms with E-state index in [1.54, 1.807) is 0 Å². The van der Waals surface area contributed by atoms with Crippen molar-refractivity contribution in [3.8, 4) is 0 Å². The van der Waals surface area contributed by atoms with Crippen LogP contribution in [0.5, 0.6) is 0 Å². The highest BCUT2D eigenvalue weighted by Crippen LogP contribution is 2.18. The van der Waals surface area contributed by atoms with E-state index >= 15 is 0 Å². The van der Waals surface area contributed by atoms with Gasteiger partial charge in [0.1, 0.15) is 0 Å². The minimum Gasteiger partial charge on any atom is -0.392 e. The monoisotopic (exact) mass is 187 g/mol. The lowest BCUT2D eigenvalue weighted by Crippen LogP contribution is -2.39. The molecule has 13 heavy (non-hydrogen) atoms. The van der Waals surface area contributed by atoms with Crippen LogP contribution in [-0.2, 0) is 4.74 Å². The zero-order valence-electron chi connectivity index (χ0n) is 8.62. The van der Waals surface area contributed by atoms with Crippen molar-refractivity contribution >= 4 is 0 Å². The van der Waals surface area contributed by atoms with E-state index in [0.717, 1.165) is 26.1 Å². The van der Waals surface area contributed by atoms with Crippen LogP contribution in [0.25, 0.3) is 0 Å². The first-order valence-electron chi connectivity index (χ1n) is 5.23. The molecule has 1 rings (SSSR count). The van der Waals surface area contributed by atoms with Crippen molar-refractivity contribution in [3.63, 3.8) is 0 Å². The molecule has 0 saturated carbocycles. The largest absolute Gasteiger partial charge is 0.392 e. The van der Waals surface area contributed by atoms with Crippen molar-refractivity contribution in [2.45, 2.75) is 38.8 Å². The predicted molar refractivity (Wildman–Crippen MR) is 52.7 cm³/mol. The molecule has 0 aliphatic carbocycles. The molecule has 0 aromatic heterocycles. The summed E-state index contributed by atoms with van der Waals surface area (Å²) >= 11 is 0. The third-order valence-corrected chi connectivity index (χ3v) is 2.65. The molecule has 0 spiro atoms. The van der Waals surface area contributed by atoms with Gasteiger partial charge >= 0.3 is 0 Å². The zero-order chi connectivity index (χ0) is 9.68. The summed E-state index contributed by atoms with van der Waals surface area (Å²) in [4.78, 5) is 0. The quantitative estimate of drug-likeness (QED) is 0.668. The van der Waals surface area contributed by atoms with Crippen LogP contribution in [0.4, 0.5) is 0 Å². The molecule has 0 aromatic carbocycles. The first kappa shape index (κ1) is 11.0. The topological polar surface area (TPSA) is 41.5 Å². The summed E-state index contributed by atoms with van der Waals surface area (Å²) in [6.07, 6.45) is 2.02. The molecule has 0 bridgehead atoms. The summed E-state index contributed by atoms with van der Waals surface area (Å²) in [7, 11) is 0. The highest BCUT2D eigenvalue weighted by atomic mass is 16.5. The average Bonchev–Trinajstić information content (AvgIpc) is 2.58. The molecule has 3 atom stereocenters. The molecule has 78 valence electrons. The second-order valence-corrected chi connectivity index (χ2v) is 3.90. The molecule has 1 aliphatic heterocycles. The van der Waals surface area contributed by atoms with Gasteiger partial charge in [0, 0.05) is 19.2 Å². The lowest BCUT2D eigenvalue weighted by atomic mass is 9.97. The van der Waals surface area contributed by atoms with Crippen molar-refractivity contribution in [1.29, 1.82) is 0 Å². The molecular formula is C10H21NO2. The molecule has 3 heteroatoms. The Morgan fingerprint density at radius 1 is 1.62 bits per heavy atom. The average molecular weight is 187 g/mol. The van der Waals surface area contributed by atoms with Gasteiger partial charge in [-0.25, -0.2) is 0 Å². The van der Waals surface area contributed by atoms with Crippen LogP contribution in [-0.4, -0.2) is 37.0 Å². The van der Waals surface area contributed by atoms with Crippen LogP contribution in [0.1, 0.15) is 26.7 Å². The highest BCUT2D eigenvalue weighted by molar-refractivity contribution is 4.78. The number of hydrogen-bond donors (Lipinski definition) is 2. The van der Waals surface area contributed by atoms with E-state index in [1.807, 2.05) is 6.92 Å². The molecule has 2 N–H and O–H groups in total. The number of hydrogen-bond acceptors (Lipinski definition) is 3. The number of nitrogens with one attached hydrogen (secondary N) is 1. The van der Waals surface area contributed by atoms with Crippen molar-refractivity contribution < 1.29 is 9.84 Å². The smallest absolute Gasteiger partial charge is 0.0636 e. The maximum Gasteiger partial charge on any atom is 0.0636 e. The van der Waals surface area contributed by atoms with Crippen LogP contribution in [0, 0.1) is 5.92 Å². The van der Waals surface area contributed by atoms with E-state index in [1.165, 1.54) is 0 Å². The van der Waals surface area contributed by atoms with Crippen molar-refractivity contribution in [3.05, 3.63) is 0 Å². The third-order valence-electron chi connectivity index (χ3n) is 2.65. The van der Waals surface area contributed by atoms with Crippen LogP contribution < -0.4 is 5.32 Å². The van der Waals surface area contributed by atoms with E-state index in [-0.39, 0.29) is 6.10 Å². The van der Waals surface area contributed by atoms with Gasteiger partial charge in [0.25, 0.3) is 0 Å². The standard InChI is InChI=1S/C10H21NO2/c1-3-10(11-6-8(2)12)9-4-5-13-7-9/h8-12H,3-7H2,1-2H3. The van der Waals surface area contributed by atoms with Crippen molar-refractivity contribution in [1.82, 2.24) is 5.32 Å². The summed E-state index contributed by atoms with van der Waals surface area (Å²) in [5.74, 6) is 0.642. The fourth-order valence-corrected chi connectivity index (χ4v) is 1.84. The van der Waals surface area contributed by atoms with Crippen LogP contribution >= 0.6 is 0 Å². The van der Waals surface area contributed by atoms with E-state index < -0.39 is 0 Å². The Balaban J connectivity index is 2.24. The van der Waals surface area contributed by atoms with Gasteiger partial charge in [-0.3, -0.25) is 0 Å². The molecule has 0 radical (unpaired) electrons. The summed E-state index contributed by atoms with van der Waals surface area (Å²) in [5.41, 5.74) is 0. The summed E-state index contributed by atoms with van der Waals surface area (Å²) in [6.45, 7) is 6.46. The van der Waals surface area contributed by atoms with E-state index in [2.05, 4.69) is 12.2 Å². The first-order valence-corrected chi connectivity index (χ1v) is 5.23. The van der Waals surface area contributed by atoms with E-state index in [4.69, 9.17) is 9.84 Å². The Labute approximate surface area is 80.5 Å². The normalized spacial score (nSPS) is 27.5. The van der Waals surface area contributed by atoms with E-state index in [0.29, 0.717) is 18.5 Å². The van der Waals surface area contributed by atoms with Crippen LogP contribution in [0.2, 0.25) is 0 Å². The summed E-state index contributed by atoms with van der Waals surface area (Å²) in [5, 5.41) is 12.5. The zero-order valence-corrected chi connectivity index (χ0v) is 8.62. The van der Waals surface area contributed by atoms with E-state index in [9.17, 15) is 0 Å². The molecule has 1 heterocycles. The Morgan fingerprint density at radius 2 is 2.38 bits per heavy atom. The van der Waals surface area contributed by atoms with Gasteiger partial charge in [0.2, 0.25) is 0 Å².